The van der Waals surface area contributed by atoms with Gasteiger partial charge in [0.05, 0.1) is 11.1 Å². The van der Waals surface area contributed by atoms with Gasteiger partial charge >= 0.3 is 0 Å². The van der Waals surface area contributed by atoms with Crippen LogP contribution in [0.2, 0.25) is 0 Å². The first-order chi connectivity index (χ1) is 15.2. The van der Waals surface area contributed by atoms with Crippen molar-refractivity contribution in [3.05, 3.63) is 46.5 Å². The molecule has 0 aliphatic rings. The highest BCUT2D eigenvalue weighted by Gasteiger charge is 2.21. The van der Waals surface area contributed by atoms with E-state index in [4.69, 9.17) is 4.98 Å². The van der Waals surface area contributed by atoms with E-state index in [9.17, 15) is 14.7 Å². The zero-order valence-corrected chi connectivity index (χ0v) is 21.2. The third-order valence-corrected chi connectivity index (χ3v) is 7.16. The van der Waals surface area contributed by atoms with Crippen LogP contribution in [0, 0.1) is 22.7 Å². The average Bonchev–Trinajstić information content (AvgIpc) is 2.79. The second kappa shape index (κ2) is 11.9. The van der Waals surface area contributed by atoms with Crippen LogP contribution in [0.5, 0.6) is 0 Å². The fraction of sp³-hybridized carbons (Fsp3) is 0.435. The zero-order chi connectivity index (χ0) is 23.8. The van der Waals surface area contributed by atoms with Gasteiger partial charge in [0.2, 0.25) is 0 Å². The Labute approximate surface area is 198 Å². The molecule has 7 nitrogen and oxygen atoms in total. The average molecular weight is 471 g/mol. The maximum atomic E-state index is 11.7. The molecule has 1 heterocycles. The summed E-state index contributed by atoms with van der Waals surface area (Å²) in [4.78, 5) is 8.83. The Kier molecular flexibility index (Phi) is 9.52. The van der Waals surface area contributed by atoms with Gasteiger partial charge in [0.15, 0.2) is 0 Å². The van der Waals surface area contributed by atoms with Gasteiger partial charge in [0, 0.05) is 44.9 Å². The molecular weight excluding hydrogens is 440 g/mol. The first-order valence-electron chi connectivity index (χ1n) is 10.2. The summed E-state index contributed by atoms with van der Waals surface area (Å²) in [6.07, 6.45) is 2.23. The molecule has 1 atom stereocenters. The first-order valence-corrected chi connectivity index (χ1v) is 12.7. The number of aromatic nitrogens is 1. The van der Waals surface area contributed by atoms with Crippen molar-refractivity contribution in [1.82, 2.24) is 9.88 Å². The molecule has 0 saturated heterocycles. The Bertz CT molecular complexity index is 1040. The van der Waals surface area contributed by atoms with E-state index < -0.39 is 11.0 Å². The Hall–Kier alpha value is -2.59. The highest BCUT2D eigenvalue weighted by atomic mass is 32.2. The van der Waals surface area contributed by atoms with E-state index in [0.29, 0.717) is 34.1 Å². The van der Waals surface area contributed by atoms with Gasteiger partial charge in [-0.15, -0.1) is 11.8 Å². The number of likely N-dealkylation sites (N-methyl/N-ethyl adjacent to an activating group) is 2. The molecule has 0 bridgehead atoms. The summed E-state index contributed by atoms with van der Waals surface area (Å²) in [5.74, 6) is 1.26. The number of hydrogen-bond donors (Lipinski definition) is 0. The summed E-state index contributed by atoms with van der Waals surface area (Å²) in [6.45, 7) is 3.51. The summed E-state index contributed by atoms with van der Waals surface area (Å²) in [6, 6.07) is 12.4. The molecule has 32 heavy (non-hydrogen) atoms. The van der Waals surface area contributed by atoms with E-state index in [2.05, 4.69) is 17.0 Å². The predicted octanol–water partition coefficient (Wildman–Crippen LogP) is 3.41. The molecule has 0 fully saturated rings. The van der Waals surface area contributed by atoms with Crippen molar-refractivity contribution in [2.24, 2.45) is 0 Å². The topological polar surface area (TPSA) is 87.3 Å². The van der Waals surface area contributed by atoms with E-state index in [1.807, 2.05) is 57.2 Å². The first kappa shape index (κ1) is 25.7. The number of anilines is 2. The van der Waals surface area contributed by atoms with E-state index in [1.54, 1.807) is 17.6 Å². The van der Waals surface area contributed by atoms with E-state index in [1.165, 1.54) is 11.8 Å². The molecule has 2 aromatic rings. The summed E-state index contributed by atoms with van der Waals surface area (Å²) in [5, 5.41) is 20.3. The van der Waals surface area contributed by atoms with Crippen molar-refractivity contribution in [1.29, 1.82) is 10.5 Å². The lowest BCUT2D eigenvalue weighted by atomic mass is 10.0. The van der Waals surface area contributed by atoms with Crippen molar-refractivity contribution < 1.29 is 4.21 Å². The summed E-state index contributed by atoms with van der Waals surface area (Å²) < 4.78 is 13.4. The second-order valence-electron chi connectivity index (χ2n) is 7.65. The summed E-state index contributed by atoms with van der Waals surface area (Å²) in [7, 11) is 6.66. The van der Waals surface area contributed by atoms with Gasteiger partial charge < -0.3 is 9.80 Å². The molecular formula is C23H30N6OS2. The number of nitriles is 2. The predicted molar refractivity (Wildman–Crippen MR) is 133 cm³/mol. The Morgan fingerprint density at radius 2 is 1.66 bits per heavy atom. The molecule has 0 radical (unpaired) electrons. The smallest absolute Gasteiger partial charge is 0.148 e. The Morgan fingerprint density at radius 3 is 2.16 bits per heavy atom. The Morgan fingerprint density at radius 1 is 1.03 bits per heavy atom. The number of rotatable bonds is 10. The van der Waals surface area contributed by atoms with Crippen LogP contribution in [-0.2, 0) is 23.2 Å². The van der Waals surface area contributed by atoms with Gasteiger partial charge in [-0.2, -0.15) is 10.5 Å². The monoisotopic (exact) mass is 470 g/mol. The number of thioether (sulfide) groups is 1. The van der Waals surface area contributed by atoms with Crippen molar-refractivity contribution >= 4 is 34.3 Å². The minimum atomic E-state index is -1.08. The van der Waals surface area contributed by atoms with Crippen molar-refractivity contribution in [3.8, 4) is 12.1 Å². The molecule has 170 valence electrons. The SMILES string of the molecule is CCc1c(C#N)c(SCc2ccc(N(C)S(C)=O)cc2)nc(N(C)CCN(C)C)c1C#N. The fourth-order valence-corrected chi connectivity index (χ4v) is 4.50. The molecule has 2 rings (SSSR count). The number of pyridine rings is 1. The van der Waals surface area contributed by atoms with E-state index >= 15 is 0 Å². The molecule has 0 spiro atoms. The molecule has 1 aromatic heterocycles. The van der Waals surface area contributed by atoms with Gasteiger partial charge in [0.1, 0.15) is 34.0 Å². The number of benzene rings is 1. The molecule has 0 saturated carbocycles. The number of hydrogen-bond acceptors (Lipinski definition) is 7. The normalized spacial score (nSPS) is 11.7. The summed E-state index contributed by atoms with van der Waals surface area (Å²) in [5.41, 5.74) is 3.67. The standard InChI is InChI=1S/C23H30N6OS2/c1-7-19-20(14-24)22(28(4)13-12-27(2)3)26-23(21(19)15-25)31-16-17-8-10-18(11-9-17)29(5)32(6)30/h8-11H,7,12-13,16H2,1-6H3. The van der Waals surface area contributed by atoms with Crippen molar-refractivity contribution in [2.45, 2.75) is 24.1 Å². The van der Waals surface area contributed by atoms with Crippen LogP contribution in [0.15, 0.2) is 29.3 Å². The second-order valence-corrected chi connectivity index (χ2v) is 10.0. The van der Waals surface area contributed by atoms with Crippen LogP contribution in [0.4, 0.5) is 11.5 Å². The van der Waals surface area contributed by atoms with Crippen LogP contribution in [0.25, 0.3) is 0 Å². The number of nitrogens with zero attached hydrogens (tertiary/aromatic N) is 6. The van der Waals surface area contributed by atoms with Gasteiger partial charge in [-0.3, -0.25) is 4.31 Å². The molecule has 0 N–H and O–H groups in total. The lowest BCUT2D eigenvalue weighted by molar-refractivity contribution is 0.416. The minimum Gasteiger partial charge on any atom is -0.357 e. The lowest BCUT2D eigenvalue weighted by Crippen LogP contribution is -2.30. The van der Waals surface area contributed by atoms with Crippen LogP contribution >= 0.6 is 11.8 Å². The largest absolute Gasteiger partial charge is 0.357 e. The van der Waals surface area contributed by atoms with Crippen LogP contribution in [0.1, 0.15) is 29.2 Å². The quantitative estimate of drug-likeness (QED) is 0.492. The Balaban J connectivity index is 2.36. The fourth-order valence-electron chi connectivity index (χ4n) is 3.12. The maximum Gasteiger partial charge on any atom is 0.148 e. The van der Waals surface area contributed by atoms with E-state index in [-0.39, 0.29) is 0 Å². The lowest BCUT2D eigenvalue weighted by Gasteiger charge is -2.24. The van der Waals surface area contributed by atoms with Crippen molar-refractivity contribution in [2.75, 3.05) is 56.7 Å². The molecule has 1 unspecified atom stereocenters. The van der Waals surface area contributed by atoms with Gasteiger partial charge in [0.25, 0.3) is 0 Å². The highest BCUT2D eigenvalue weighted by Crippen LogP contribution is 2.33. The van der Waals surface area contributed by atoms with Crippen LogP contribution in [0.3, 0.4) is 0 Å². The molecule has 9 heteroatoms. The zero-order valence-electron chi connectivity index (χ0n) is 19.5. The summed E-state index contributed by atoms with van der Waals surface area (Å²) >= 11 is 1.50. The van der Waals surface area contributed by atoms with Gasteiger partial charge in [-0.05, 0) is 43.8 Å². The van der Waals surface area contributed by atoms with Crippen LogP contribution < -0.4 is 9.21 Å². The molecule has 1 aromatic carbocycles. The third-order valence-electron chi connectivity index (χ3n) is 5.13. The highest BCUT2D eigenvalue weighted by molar-refractivity contribution is 7.98. The van der Waals surface area contributed by atoms with Gasteiger partial charge in [-0.25, -0.2) is 9.19 Å². The molecule has 0 aliphatic heterocycles. The van der Waals surface area contributed by atoms with Gasteiger partial charge in [-0.1, -0.05) is 19.1 Å². The molecule has 0 amide bonds. The van der Waals surface area contributed by atoms with Crippen LogP contribution in [-0.4, -0.2) is 61.6 Å². The van der Waals surface area contributed by atoms with Crippen molar-refractivity contribution in [3.63, 3.8) is 0 Å². The molecule has 0 aliphatic carbocycles. The minimum absolute atomic E-state index is 0.481. The van der Waals surface area contributed by atoms with E-state index in [0.717, 1.165) is 29.9 Å². The third kappa shape index (κ3) is 6.23. The maximum absolute atomic E-state index is 11.7.